The molecule has 1 fully saturated rings. The summed E-state index contributed by atoms with van der Waals surface area (Å²) in [6, 6.07) is 15.2. The monoisotopic (exact) mass is 403 g/mol. The van der Waals surface area contributed by atoms with Crippen LogP contribution in [-0.4, -0.2) is 16.0 Å². The van der Waals surface area contributed by atoms with Crippen molar-refractivity contribution in [3.05, 3.63) is 77.4 Å². The highest BCUT2D eigenvalue weighted by Crippen LogP contribution is 2.41. The highest BCUT2D eigenvalue weighted by molar-refractivity contribution is 6.12. The number of aromatic nitrogens is 2. The number of anilines is 1. The van der Waals surface area contributed by atoms with Crippen LogP contribution in [0.5, 0.6) is 11.5 Å². The number of halogens is 1. The van der Waals surface area contributed by atoms with Gasteiger partial charge in [0.2, 0.25) is 0 Å². The number of ether oxygens (including phenoxy) is 1. The number of fused-ring (bicyclic) bond motifs is 1. The number of hydrogen-bond acceptors (Lipinski definition) is 5. The number of pyridine rings is 1. The van der Waals surface area contributed by atoms with Crippen molar-refractivity contribution >= 4 is 22.7 Å². The first kappa shape index (κ1) is 18.3. The summed E-state index contributed by atoms with van der Waals surface area (Å²) in [6.45, 7) is 1.74. The van der Waals surface area contributed by atoms with Crippen molar-refractivity contribution in [3.8, 4) is 11.5 Å². The maximum absolute atomic E-state index is 14.6. The quantitative estimate of drug-likeness (QED) is 0.470. The first-order chi connectivity index (χ1) is 14.6. The van der Waals surface area contributed by atoms with Crippen molar-refractivity contribution in [1.29, 1.82) is 0 Å². The molecular weight excluding hydrogens is 385 g/mol. The standard InChI is InChI=1S/C23H18FN3O3/c1-13-20-16(12-18(14-10-11-14)25-23(20)30-27-13)22(28)26-21-17(24)8-5-9-19(21)29-15-6-3-2-4-7-15/h2-9,12,14H,10-11H2,1H3,(H,26,28). The lowest BCUT2D eigenvalue weighted by Crippen LogP contribution is -2.15. The molecule has 1 saturated carbocycles. The van der Waals surface area contributed by atoms with E-state index in [2.05, 4.69) is 15.5 Å². The molecule has 2 aromatic heterocycles. The predicted octanol–water partition coefficient (Wildman–Crippen LogP) is 5.59. The molecule has 1 aliphatic rings. The van der Waals surface area contributed by atoms with E-state index >= 15 is 0 Å². The summed E-state index contributed by atoms with van der Waals surface area (Å²) in [7, 11) is 0. The van der Waals surface area contributed by atoms with E-state index in [0.29, 0.717) is 34.0 Å². The number of carbonyl (C=O) groups is 1. The molecule has 1 aliphatic carbocycles. The van der Waals surface area contributed by atoms with Crippen LogP contribution in [0, 0.1) is 12.7 Å². The third kappa shape index (κ3) is 3.39. The lowest BCUT2D eigenvalue weighted by atomic mass is 10.1. The molecule has 0 aliphatic heterocycles. The van der Waals surface area contributed by atoms with Crippen molar-refractivity contribution in [1.82, 2.24) is 10.1 Å². The molecule has 0 bridgehead atoms. The molecule has 150 valence electrons. The van der Waals surface area contributed by atoms with E-state index in [-0.39, 0.29) is 11.4 Å². The summed E-state index contributed by atoms with van der Waals surface area (Å²) in [6.07, 6.45) is 2.05. The topological polar surface area (TPSA) is 77.2 Å². The van der Waals surface area contributed by atoms with Gasteiger partial charge in [-0.25, -0.2) is 9.37 Å². The summed E-state index contributed by atoms with van der Waals surface area (Å²) in [4.78, 5) is 17.7. The predicted molar refractivity (Wildman–Crippen MR) is 109 cm³/mol. The minimum Gasteiger partial charge on any atom is -0.455 e. The van der Waals surface area contributed by atoms with Gasteiger partial charge in [0, 0.05) is 11.6 Å². The Morgan fingerprint density at radius 3 is 2.73 bits per heavy atom. The van der Waals surface area contributed by atoms with Crippen molar-refractivity contribution < 1.29 is 18.4 Å². The van der Waals surface area contributed by atoms with Gasteiger partial charge >= 0.3 is 0 Å². The number of carbonyl (C=O) groups excluding carboxylic acids is 1. The lowest BCUT2D eigenvalue weighted by molar-refractivity contribution is 0.102. The van der Waals surface area contributed by atoms with Gasteiger partial charge in [-0.05, 0) is 50.1 Å². The van der Waals surface area contributed by atoms with Crippen molar-refractivity contribution in [3.63, 3.8) is 0 Å². The van der Waals surface area contributed by atoms with Crippen LogP contribution in [0.2, 0.25) is 0 Å². The number of aryl methyl sites for hydroxylation is 1. The van der Waals surface area contributed by atoms with E-state index < -0.39 is 11.7 Å². The molecule has 0 unspecified atom stereocenters. The van der Waals surface area contributed by atoms with Crippen LogP contribution in [-0.2, 0) is 0 Å². The van der Waals surface area contributed by atoms with E-state index in [1.54, 1.807) is 31.2 Å². The number of nitrogens with zero attached hydrogens (tertiary/aromatic N) is 2. The Morgan fingerprint density at radius 1 is 1.17 bits per heavy atom. The summed E-state index contributed by atoms with van der Waals surface area (Å²) in [5.74, 6) is 0.00190. The zero-order valence-electron chi connectivity index (χ0n) is 16.2. The smallest absolute Gasteiger partial charge is 0.259 e. The highest BCUT2D eigenvalue weighted by atomic mass is 19.1. The Balaban J connectivity index is 1.53. The maximum Gasteiger partial charge on any atom is 0.259 e. The summed E-state index contributed by atoms with van der Waals surface area (Å²) >= 11 is 0. The van der Waals surface area contributed by atoms with Crippen molar-refractivity contribution in [2.45, 2.75) is 25.7 Å². The Hall–Kier alpha value is -3.74. The van der Waals surface area contributed by atoms with Gasteiger partial charge in [0.1, 0.15) is 11.4 Å². The molecule has 30 heavy (non-hydrogen) atoms. The average Bonchev–Trinajstić information content (AvgIpc) is 3.54. The van der Waals surface area contributed by atoms with Gasteiger partial charge in [-0.15, -0.1) is 0 Å². The van der Waals surface area contributed by atoms with E-state index in [1.807, 2.05) is 18.2 Å². The van der Waals surface area contributed by atoms with Crippen LogP contribution in [0.3, 0.4) is 0 Å². The Labute approximate surface area is 171 Å². The second-order valence-electron chi connectivity index (χ2n) is 7.30. The van der Waals surface area contributed by atoms with E-state index in [4.69, 9.17) is 9.26 Å². The van der Waals surface area contributed by atoms with Crippen molar-refractivity contribution in [2.75, 3.05) is 5.32 Å². The van der Waals surface area contributed by atoms with Gasteiger partial charge in [0.15, 0.2) is 11.6 Å². The molecule has 1 amide bonds. The van der Waals surface area contributed by atoms with Crippen LogP contribution >= 0.6 is 0 Å². The SMILES string of the molecule is Cc1noc2nc(C3CC3)cc(C(=O)Nc3c(F)cccc3Oc3ccccc3)c12. The number of para-hydroxylation sites is 2. The molecule has 2 heterocycles. The molecule has 0 saturated heterocycles. The third-order valence-electron chi connectivity index (χ3n) is 5.06. The molecule has 6 nitrogen and oxygen atoms in total. The number of hydrogen-bond donors (Lipinski definition) is 1. The zero-order valence-corrected chi connectivity index (χ0v) is 16.2. The van der Waals surface area contributed by atoms with Crippen LogP contribution in [0.25, 0.3) is 11.1 Å². The molecular formula is C23H18FN3O3. The fraction of sp³-hybridized carbons (Fsp3) is 0.174. The first-order valence-electron chi connectivity index (χ1n) is 9.70. The first-order valence-corrected chi connectivity index (χ1v) is 9.70. The molecule has 2 aromatic carbocycles. The van der Waals surface area contributed by atoms with E-state index in [9.17, 15) is 9.18 Å². The normalized spacial score (nSPS) is 13.4. The Kier molecular flexibility index (Phi) is 4.43. The highest BCUT2D eigenvalue weighted by Gasteiger charge is 2.29. The fourth-order valence-corrected chi connectivity index (χ4v) is 3.39. The van der Waals surface area contributed by atoms with Gasteiger partial charge in [0.05, 0.1) is 16.6 Å². The van der Waals surface area contributed by atoms with Gasteiger partial charge in [0.25, 0.3) is 11.6 Å². The zero-order chi connectivity index (χ0) is 20.7. The summed E-state index contributed by atoms with van der Waals surface area (Å²) < 4.78 is 25.7. The lowest BCUT2D eigenvalue weighted by Gasteiger charge is -2.14. The minimum absolute atomic E-state index is 0.0293. The molecule has 0 spiro atoms. The Morgan fingerprint density at radius 2 is 1.97 bits per heavy atom. The van der Waals surface area contributed by atoms with Gasteiger partial charge in [-0.3, -0.25) is 4.79 Å². The van der Waals surface area contributed by atoms with E-state index in [0.717, 1.165) is 18.5 Å². The maximum atomic E-state index is 14.6. The van der Waals surface area contributed by atoms with Crippen LogP contribution in [0.4, 0.5) is 10.1 Å². The van der Waals surface area contributed by atoms with Crippen LogP contribution in [0.1, 0.15) is 40.5 Å². The van der Waals surface area contributed by atoms with Gasteiger partial charge < -0.3 is 14.6 Å². The summed E-state index contributed by atoms with van der Waals surface area (Å²) in [5.41, 5.74) is 1.99. The second-order valence-corrected chi connectivity index (χ2v) is 7.30. The second kappa shape index (κ2) is 7.26. The average molecular weight is 403 g/mol. The molecule has 7 heteroatoms. The largest absolute Gasteiger partial charge is 0.455 e. The van der Waals surface area contributed by atoms with Crippen molar-refractivity contribution in [2.24, 2.45) is 0 Å². The number of amides is 1. The number of benzene rings is 2. The number of nitrogens with one attached hydrogen (secondary N) is 1. The van der Waals surface area contributed by atoms with Gasteiger partial charge in [-0.1, -0.05) is 29.4 Å². The third-order valence-corrected chi connectivity index (χ3v) is 5.06. The van der Waals surface area contributed by atoms with Crippen LogP contribution < -0.4 is 10.1 Å². The summed E-state index contributed by atoms with van der Waals surface area (Å²) in [5, 5.41) is 7.14. The van der Waals surface area contributed by atoms with E-state index in [1.165, 1.54) is 12.1 Å². The fourth-order valence-electron chi connectivity index (χ4n) is 3.39. The molecule has 5 rings (SSSR count). The molecule has 4 aromatic rings. The Bertz CT molecular complexity index is 1250. The van der Waals surface area contributed by atoms with Gasteiger partial charge in [-0.2, -0.15) is 0 Å². The van der Waals surface area contributed by atoms with Crippen LogP contribution in [0.15, 0.2) is 59.1 Å². The molecule has 0 atom stereocenters. The molecule has 0 radical (unpaired) electrons. The minimum atomic E-state index is -0.591. The number of rotatable bonds is 5. The molecule has 1 N–H and O–H groups in total.